The largest absolute Gasteiger partial charge is 0.378 e. The third kappa shape index (κ3) is 3.61. The third-order valence-electron chi connectivity index (χ3n) is 3.99. The molecule has 0 spiro atoms. The first kappa shape index (κ1) is 19.2. The molecule has 0 aliphatic heterocycles. The second-order valence-corrected chi connectivity index (χ2v) is 6.28. The van der Waals surface area contributed by atoms with Crippen molar-refractivity contribution in [3.63, 3.8) is 0 Å². The van der Waals surface area contributed by atoms with Crippen molar-refractivity contribution in [2.45, 2.75) is 0 Å². The second kappa shape index (κ2) is 8.09. The molecule has 0 fully saturated rings. The number of rotatable bonds is 5. The van der Waals surface area contributed by atoms with E-state index in [1.165, 1.54) is 18.2 Å². The van der Waals surface area contributed by atoms with Crippen LogP contribution in [0, 0.1) is 5.82 Å². The Labute approximate surface area is 173 Å². The monoisotopic (exact) mass is 426 g/mol. The average molecular weight is 427 g/mol. The summed E-state index contributed by atoms with van der Waals surface area (Å²) in [6.07, 6.45) is 1.10. The third-order valence-corrected chi connectivity index (χ3v) is 4.32. The predicted molar refractivity (Wildman–Crippen MR) is 106 cm³/mol. The molecule has 10 nitrogen and oxygen atoms in total. The van der Waals surface area contributed by atoms with Gasteiger partial charge in [-0.2, -0.15) is 9.78 Å². The normalized spacial score (nSPS) is 11.1. The van der Waals surface area contributed by atoms with Gasteiger partial charge in [-0.1, -0.05) is 53.2 Å². The van der Waals surface area contributed by atoms with Crippen LogP contribution in [0.3, 0.4) is 0 Å². The van der Waals surface area contributed by atoms with Gasteiger partial charge in [-0.15, -0.1) is 5.10 Å². The minimum Gasteiger partial charge on any atom is -0.378 e. The number of anilines is 1. The summed E-state index contributed by atoms with van der Waals surface area (Å²) in [5.74, 6) is -1.39. The molecule has 0 aliphatic rings. The molecule has 4 aromatic rings. The van der Waals surface area contributed by atoms with E-state index in [2.05, 4.69) is 35.8 Å². The number of nitrogens with one attached hydrogen (secondary N) is 1. The average Bonchev–Trinajstić information content (AvgIpc) is 3.36. The van der Waals surface area contributed by atoms with Gasteiger partial charge in [0.1, 0.15) is 11.5 Å². The van der Waals surface area contributed by atoms with Crippen LogP contribution >= 0.6 is 11.6 Å². The van der Waals surface area contributed by atoms with Crippen LogP contribution in [-0.2, 0) is 0 Å². The molecule has 0 unspecified atom stereocenters. The zero-order chi connectivity index (χ0) is 21.1. The SMILES string of the molecule is Nc1nonc1-n1nnc(-c2ccccc2)c1C(=O)N/N=C/c1c(F)cccc1Cl. The molecule has 0 bridgehead atoms. The summed E-state index contributed by atoms with van der Waals surface area (Å²) in [6.45, 7) is 0. The summed E-state index contributed by atoms with van der Waals surface area (Å²) in [5, 5.41) is 19.1. The van der Waals surface area contributed by atoms with Crippen molar-refractivity contribution in [2.75, 3.05) is 5.73 Å². The molecular formula is C18H12ClFN8O2. The molecule has 30 heavy (non-hydrogen) atoms. The summed E-state index contributed by atoms with van der Waals surface area (Å²) in [7, 11) is 0. The Kier molecular flexibility index (Phi) is 5.18. The van der Waals surface area contributed by atoms with Gasteiger partial charge in [0.2, 0.25) is 11.6 Å². The van der Waals surface area contributed by atoms with Crippen molar-refractivity contribution < 1.29 is 13.8 Å². The van der Waals surface area contributed by atoms with E-state index >= 15 is 0 Å². The second-order valence-electron chi connectivity index (χ2n) is 5.87. The van der Waals surface area contributed by atoms with E-state index < -0.39 is 11.7 Å². The number of aromatic nitrogens is 5. The highest BCUT2D eigenvalue weighted by Gasteiger charge is 2.25. The van der Waals surface area contributed by atoms with Crippen molar-refractivity contribution in [1.82, 2.24) is 30.7 Å². The number of nitrogen functional groups attached to an aromatic ring is 1. The fourth-order valence-electron chi connectivity index (χ4n) is 2.60. The van der Waals surface area contributed by atoms with Crippen molar-refractivity contribution in [2.24, 2.45) is 5.10 Å². The Morgan fingerprint density at radius 3 is 2.70 bits per heavy atom. The highest BCUT2D eigenvalue weighted by Crippen LogP contribution is 2.24. The van der Waals surface area contributed by atoms with E-state index in [1.54, 1.807) is 24.3 Å². The molecular weight excluding hydrogens is 415 g/mol. The molecule has 1 amide bonds. The van der Waals surface area contributed by atoms with Crippen molar-refractivity contribution in [1.29, 1.82) is 0 Å². The molecule has 2 heterocycles. The Morgan fingerprint density at radius 1 is 1.20 bits per heavy atom. The summed E-state index contributed by atoms with van der Waals surface area (Å²) in [5.41, 5.74) is 8.89. The van der Waals surface area contributed by atoms with Crippen molar-refractivity contribution >= 4 is 29.5 Å². The molecule has 0 atom stereocenters. The maximum absolute atomic E-state index is 13.9. The Balaban J connectivity index is 1.71. The molecule has 0 radical (unpaired) electrons. The van der Waals surface area contributed by atoms with Gasteiger partial charge in [0.05, 0.1) is 11.2 Å². The molecule has 0 aliphatic carbocycles. The van der Waals surface area contributed by atoms with E-state index in [1.807, 2.05) is 6.07 Å². The quantitative estimate of drug-likeness (QED) is 0.369. The van der Waals surface area contributed by atoms with E-state index in [0.29, 0.717) is 5.56 Å². The van der Waals surface area contributed by atoms with E-state index in [0.717, 1.165) is 10.9 Å². The first-order valence-electron chi connectivity index (χ1n) is 8.43. The van der Waals surface area contributed by atoms with E-state index in [-0.39, 0.29) is 33.6 Å². The van der Waals surface area contributed by atoms with Gasteiger partial charge in [0.15, 0.2) is 5.69 Å². The number of hydrazone groups is 1. The molecule has 4 rings (SSSR count). The number of benzene rings is 2. The van der Waals surface area contributed by atoms with Gasteiger partial charge in [-0.25, -0.2) is 14.4 Å². The topological polar surface area (TPSA) is 137 Å². The number of hydrogen-bond donors (Lipinski definition) is 2. The minimum absolute atomic E-state index is 0.0176. The molecule has 2 aromatic carbocycles. The maximum atomic E-state index is 13.9. The number of carbonyl (C=O) groups excluding carboxylic acids is 1. The highest BCUT2D eigenvalue weighted by atomic mass is 35.5. The first-order valence-corrected chi connectivity index (χ1v) is 8.81. The predicted octanol–water partition coefficient (Wildman–Crippen LogP) is 2.46. The lowest BCUT2D eigenvalue weighted by Crippen LogP contribution is -2.22. The van der Waals surface area contributed by atoms with E-state index in [9.17, 15) is 9.18 Å². The molecule has 0 saturated carbocycles. The van der Waals surface area contributed by atoms with Crippen LogP contribution in [0.25, 0.3) is 17.1 Å². The van der Waals surface area contributed by atoms with Crippen LogP contribution in [0.2, 0.25) is 5.02 Å². The minimum atomic E-state index is -0.704. The van der Waals surface area contributed by atoms with Gasteiger partial charge in [-0.05, 0) is 22.4 Å². The molecule has 150 valence electrons. The lowest BCUT2D eigenvalue weighted by molar-refractivity contribution is 0.0947. The van der Waals surface area contributed by atoms with E-state index in [4.69, 9.17) is 17.3 Å². The summed E-state index contributed by atoms with van der Waals surface area (Å²) in [6, 6.07) is 13.1. The van der Waals surface area contributed by atoms with Crippen LogP contribution in [0.4, 0.5) is 10.2 Å². The highest BCUT2D eigenvalue weighted by molar-refractivity contribution is 6.33. The maximum Gasteiger partial charge on any atom is 0.292 e. The fraction of sp³-hybridized carbons (Fsp3) is 0. The van der Waals surface area contributed by atoms with Crippen LogP contribution in [0.5, 0.6) is 0 Å². The van der Waals surface area contributed by atoms with Gasteiger partial charge in [-0.3, -0.25) is 4.79 Å². The van der Waals surface area contributed by atoms with Crippen molar-refractivity contribution in [3.05, 3.63) is 70.6 Å². The Bertz CT molecular complexity index is 1220. The van der Waals surface area contributed by atoms with Crippen LogP contribution in [-0.4, -0.2) is 37.4 Å². The van der Waals surface area contributed by atoms with Crippen LogP contribution < -0.4 is 11.2 Å². The van der Waals surface area contributed by atoms with Gasteiger partial charge < -0.3 is 5.73 Å². The molecule has 2 aromatic heterocycles. The van der Waals surface area contributed by atoms with Gasteiger partial charge in [0.25, 0.3) is 5.91 Å². The van der Waals surface area contributed by atoms with Crippen molar-refractivity contribution in [3.8, 4) is 17.1 Å². The lowest BCUT2D eigenvalue weighted by Gasteiger charge is -2.05. The summed E-state index contributed by atoms with van der Waals surface area (Å²) < 4.78 is 19.5. The first-order chi connectivity index (χ1) is 14.6. The number of nitrogens with two attached hydrogens (primary N) is 1. The summed E-state index contributed by atoms with van der Waals surface area (Å²) in [4.78, 5) is 12.9. The number of amides is 1. The number of carbonyl (C=O) groups is 1. The lowest BCUT2D eigenvalue weighted by atomic mass is 10.1. The van der Waals surface area contributed by atoms with Gasteiger partial charge in [0, 0.05) is 11.1 Å². The van der Waals surface area contributed by atoms with Crippen LogP contribution in [0.1, 0.15) is 16.1 Å². The summed E-state index contributed by atoms with van der Waals surface area (Å²) >= 11 is 5.95. The zero-order valence-corrected chi connectivity index (χ0v) is 15.8. The number of nitrogens with zero attached hydrogens (tertiary/aromatic N) is 6. The Morgan fingerprint density at radius 2 is 2.00 bits per heavy atom. The standard InChI is InChI=1S/C18H12ClFN8O2/c19-12-7-4-8-13(20)11(12)9-22-24-18(29)15-14(10-5-2-1-3-6-10)23-27-28(15)17-16(21)25-30-26-17/h1-9H,(H2,21,25)(H,24,29)/b22-9+. The zero-order valence-electron chi connectivity index (χ0n) is 15.0. The molecule has 3 N–H and O–H groups in total. The van der Waals surface area contributed by atoms with Gasteiger partial charge >= 0.3 is 0 Å². The molecule has 12 heteroatoms. The smallest absolute Gasteiger partial charge is 0.292 e. The Hall–Kier alpha value is -4.12. The fourth-order valence-corrected chi connectivity index (χ4v) is 2.82. The molecule has 0 saturated heterocycles. The number of halogens is 2. The van der Waals surface area contributed by atoms with Crippen LogP contribution in [0.15, 0.2) is 58.3 Å². The number of hydrogen-bond acceptors (Lipinski definition) is 8.